The first-order chi connectivity index (χ1) is 12.5. The number of carbonyl (C=O) groups is 1. The third kappa shape index (κ3) is 4.93. The lowest BCUT2D eigenvalue weighted by molar-refractivity contribution is -0.116. The minimum atomic E-state index is -3.79. The van der Waals surface area contributed by atoms with Crippen molar-refractivity contribution in [1.29, 1.82) is 0 Å². The van der Waals surface area contributed by atoms with E-state index in [0.717, 1.165) is 21.7 Å². The highest BCUT2D eigenvalue weighted by molar-refractivity contribution is 7.92. The average molecular weight is 411 g/mol. The number of halogens is 1. The van der Waals surface area contributed by atoms with E-state index in [0.29, 0.717) is 16.5 Å². The van der Waals surface area contributed by atoms with Gasteiger partial charge in [-0.05, 0) is 56.2 Å². The molecule has 0 heterocycles. The van der Waals surface area contributed by atoms with Gasteiger partial charge in [-0.25, -0.2) is 8.42 Å². The first kappa shape index (κ1) is 21.1. The molecule has 0 aliphatic heterocycles. The molecule has 0 saturated heterocycles. The molecule has 0 aliphatic rings. The van der Waals surface area contributed by atoms with Crippen molar-refractivity contribution in [3.05, 3.63) is 52.5 Å². The summed E-state index contributed by atoms with van der Waals surface area (Å²) in [4.78, 5) is 12.8. The highest BCUT2D eigenvalue weighted by atomic mass is 35.5. The smallest absolute Gasteiger partial charge is 0.248 e. The molecule has 8 heteroatoms. The van der Waals surface area contributed by atoms with E-state index in [-0.39, 0.29) is 5.69 Å². The molecule has 0 bridgehead atoms. The Morgan fingerprint density at radius 3 is 2.44 bits per heavy atom. The van der Waals surface area contributed by atoms with Crippen LogP contribution in [0.15, 0.2) is 36.4 Å². The van der Waals surface area contributed by atoms with Gasteiger partial charge in [0.15, 0.2) is 0 Å². The first-order valence-electron chi connectivity index (χ1n) is 8.25. The van der Waals surface area contributed by atoms with Gasteiger partial charge in [0.1, 0.15) is 11.8 Å². The van der Waals surface area contributed by atoms with Crippen LogP contribution >= 0.6 is 11.6 Å². The van der Waals surface area contributed by atoms with E-state index in [2.05, 4.69) is 5.32 Å². The number of carbonyl (C=O) groups excluding carboxylic acids is 1. The van der Waals surface area contributed by atoms with Crippen molar-refractivity contribution in [3.8, 4) is 5.75 Å². The van der Waals surface area contributed by atoms with Crippen molar-refractivity contribution in [2.75, 3.05) is 23.0 Å². The van der Waals surface area contributed by atoms with Gasteiger partial charge in [-0.15, -0.1) is 0 Å². The lowest BCUT2D eigenvalue weighted by Gasteiger charge is -2.29. The van der Waals surface area contributed by atoms with Gasteiger partial charge < -0.3 is 10.1 Å². The van der Waals surface area contributed by atoms with Gasteiger partial charge >= 0.3 is 0 Å². The van der Waals surface area contributed by atoms with Gasteiger partial charge in [0.2, 0.25) is 15.9 Å². The Kier molecular flexibility index (Phi) is 6.38. The van der Waals surface area contributed by atoms with Crippen LogP contribution in [0.2, 0.25) is 5.02 Å². The largest absolute Gasteiger partial charge is 0.495 e. The maximum absolute atomic E-state index is 12.8. The summed E-state index contributed by atoms with van der Waals surface area (Å²) in [7, 11) is -2.36. The van der Waals surface area contributed by atoms with Crippen LogP contribution in [0.1, 0.15) is 18.1 Å². The van der Waals surface area contributed by atoms with Crippen LogP contribution in [0, 0.1) is 13.8 Å². The number of nitrogens with one attached hydrogen (secondary N) is 1. The Balaban J connectivity index is 2.44. The Bertz CT molecular complexity index is 960. The minimum absolute atomic E-state index is 0.205. The van der Waals surface area contributed by atoms with Crippen LogP contribution in [0.5, 0.6) is 5.75 Å². The fraction of sp³-hybridized carbons (Fsp3) is 0.316. The van der Waals surface area contributed by atoms with Gasteiger partial charge in [-0.2, -0.15) is 0 Å². The molecule has 2 aromatic carbocycles. The zero-order valence-electron chi connectivity index (χ0n) is 15.9. The second kappa shape index (κ2) is 8.19. The van der Waals surface area contributed by atoms with E-state index < -0.39 is 22.0 Å². The molecule has 0 radical (unpaired) electrons. The lowest BCUT2D eigenvalue weighted by atomic mass is 10.1. The average Bonchev–Trinajstić information content (AvgIpc) is 2.57. The number of methoxy groups -OCH3 is 1. The van der Waals surface area contributed by atoms with Crippen LogP contribution in [0.25, 0.3) is 0 Å². The van der Waals surface area contributed by atoms with Crippen LogP contribution in [0.4, 0.5) is 11.4 Å². The summed E-state index contributed by atoms with van der Waals surface area (Å²) >= 11 is 6.04. The standard InChI is InChI=1S/C19H23ClN2O4S/c1-12-6-7-13(2)16(10-12)21-19(23)14(3)22(27(5,24)25)17-11-15(20)8-9-18(17)26-4/h6-11,14H,1-5H3,(H,21,23)/t14-/m0/s1. The maximum atomic E-state index is 12.8. The van der Waals surface area contributed by atoms with E-state index in [1.165, 1.54) is 20.1 Å². The summed E-state index contributed by atoms with van der Waals surface area (Å²) < 4.78 is 31.2. The van der Waals surface area contributed by atoms with Gasteiger partial charge in [0.25, 0.3) is 0 Å². The molecule has 1 N–H and O–H groups in total. The topological polar surface area (TPSA) is 75.7 Å². The molecule has 146 valence electrons. The number of hydrogen-bond donors (Lipinski definition) is 1. The number of rotatable bonds is 6. The second-order valence-electron chi connectivity index (χ2n) is 6.36. The third-order valence-electron chi connectivity index (χ3n) is 4.12. The normalized spacial score (nSPS) is 12.4. The summed E-state index contributed by atoms with van der Waals surface area (Å²) in [6, 6.07) is 9.26. The molecule has 1 amide bonds. The Hall–Kier alpha value is -2.25. The molecule has 0 spiro atoms. The van der Waals surface area contributed by atoms with E-state index >= 15 is 0 Å². The van der Waals surface area contributed by atoms with Gasteiger partial charge in [0.05, 0.1) is 19.1 Å². The molecule has 6 nitrogen and oxygen atoms in total. The molecule has 0 aliphatic carbocycles. The first-order valence-corrected chi connectivity index (χ1v) is 10.5. The van der Waals surface area contributed by atoms with Crippen LogP contribution in [-0.2, 0) is 14.8 Å². The Morgan fingerprint density at radius 2 is 1.85 bits per heavy atom. The van der Waals surface area contributed by atoms with Crippen LogP contribution in [-0.4, -0.2) is 33.7 Å². The number of anilines is 2. The number of hydrogen-bond acceptors (Lipinski definition) is 4. The zero-order valence-corrected chi connectivity index (χ0v) is 17.5. The summed E-state index contributed by atoms with van der Waals surface area (Å²) in [6.07, 6.45) is 1.04. The van der Waals surface area contributed by atoms with Crippen molar-refractivity contribution in [1.82, 2.24) is 0 Å². The quantitative estimate of drug-likeness (QED) is 0.786. The number of sulfonamides is 1. The summed E-state index contributed by atoms with van der Waals surface area (Å²) in [5.41, 5.74) is 2.71. The number of nitrogens with zero attached hydrogens (tertiary/aromatic N) is 1. The summed E-state index contributed by atoms with van der Waals surface area (Å²) in [5, 5.41) is 3.14. The summed E-state index contributed by atoms with van der Waals surface area (Å²) in [6.45, 7) is 5.30. The molecule has 27 heavy (non-hydrogen) atoms. The Labute approximate surface area is 165 Å². The molecule has 0 aromatic heterocycles. The SMILES string of the molecule is COc1ccc(Cl)cc1N([C@@H](C)C(=O)Nc1cc(C)ccc1C)S(C)(=O)=O. The zero-order chi connectivity index (χ0) is 20.4. The molecular formula is C19H23ClN2O4S. The van der Waals surface area contributed by atoms with E-state index in [4.69, 9.17) is 16.3 Å². The molecule has 2 rings (SSSR count). The number of benzene rings is 2. The van der Waals surface area contributed by atoms with Gasteiger partial charge in [-0.1, -0.05) is 23.7 Å². The van der Waals surface area contributed by atoms with E-state index in [1.807, 2.05) is 32.0 Å². The number of amides is 1. The number of ether oxygens (including phenoxy) is 1. The van der Waals surface area contributed by atoms with Crippen molar-refractivity contribution in [2.45, 2.75) is 26.8 Å². The maximum Gasteiger partial charge on any atom is 0.248 e. The molecule has 0 unspecified atom stereocenters. The highest BCUT2D eigenvalue weighted by Gasteiger charge is 2.31. The molecule has 0 saturated carbocycles. The highest BCUT2D eigenvalue weighted by Crippen LogP contribution is 2.34. The molecule has 2 aromatic rings. The summed E-state index contributed by atoms with van der Waals surface area (Å²) in [5.74, 6) is -0.160. The predicted molar refractivity (Wildman–Crippen MR) is 109 cm³/mol. The van der Waals surface area contributed by atoms with Crippen molar-refractivity contribution < 1.29 is 17.9 Å². The third-order valence-corrected chi connectivity index (χ3v) is 5.58. The van der Waals surface area contributed by atoms with Crippen LogP contribution in [0.3, 0.4) is 0 Å². The fourth-order valence-corrected chi connectivity index (χ4v) is 4.06. The fourth-order valence-electron chi connectivity index (χ4n) is 2.72. The van der Waals surface area contributed by atoms with Gasteiger partial charge in [-0.3, -0.25) is 9.10 Å². The van der Waals surface area contributed by atoms with Crippen molar-refractivity contribution in [3.63, 3.8) is 0 Å². The van der Waals surface area contributed by atoms with E-state index in [9.17, 15) is 13.2 Å². The number of aryl methyl sites for hydroxylation is 2. The van der Waals surface area contributed by atoms with Crippen LogP contribution < -0.4 is 14.4 Å². The van der Waals surface area contributed by atoms with Crippen molar-refractivity contribution >= 4 is 38.9 Å². The monoisotopic (exact) mass is 410 g/mol. The lowest BCUT2D eigenvalue weighted by Crippen LogP contribution is -2.45. The van der Waals surface area contributed by atoms with Gasteiger partial charge in [0, 0.05) is 10.7 Å². The van der Waals surface area contributed by atoms with Crippen molar-refractivity contribution in [2.24, 2.45) is 0 Å². The molecular weight excluding hydrogens is 388 g/mol. The minimum Gasteiger partial charge on any atom is -0.495 e. The Morgan fingerprint density at radius 1 is 1.19 bits per heavy atom. The molecule has 1 atom stereocenters. The van der Waals surface area contributed by atoms with E-state index in [1.54, 1.807) is 12.1 Å². The molecule has 0 fully saturated rings. The second-order valence-corrected chi connectivity index (χ2v) is 8.65. The predicted octanol–water partition coefficient (Wildman–Crippen LogP) is 3.76.